The fourth-order valence-electron chi connectivity index (χ4n) is 4.44. The smallest absolute Gasteiger partial charge is 0.255 e. The summed E-state index contributed by atoms with van der Waals surface area (Å²) in [6.07, 6.45) is 15.9. The molecule has 0 aliphatic heterocycles. The van der Waals surface area contributed by atoms with Gasteiger partial charge in [0.15, 0.2) is 0 Å². The van der Waals surface area contributed by atoms with Crippen LogP contribution in [0.3, 0.4) is 0 Å². The third kappa shape index (κ3) is 10.9. The van der Waals surface area contributed by atoms with E-state index in [1.807, 2.05) is 66.7 Å². The Morgan fingerprint density at radius 2 is 1.21 bits per heavy atom. The molecule has 0 bridgehead atoms. The molecule has 1 radical (unpaired) electrons. The lowest BCUT2D eigenvalue weighted by molar-refractivity contribution is 0.0952. The molecule has 0 aliphatic carbocycles. The molecule has 38 heavy (non-hydrogen) atoms. The first-order chi connectivity index (χ1) is 18.7. The lowest BCUT2D eigenvalue weighted by atomic mass is 10.0. The molecule has 3 aromatic rings. The molecule has 201 valence electrons. The molecule has 4 nitrogen and oxygen atoms in total. The van der Waals surface area contributed by atoms with E-state index in [0.29, 0.717) is 11.1 Å². The molecule has 3 rings (SSSR count). The predicted molar refractivity (Wildman–Crippen MR) is 159 cm³/mol. The Balaban J connectivity index is 1.29. The van der Waals surface area contributed by atoms with Crippen molar-refractivity contribution in [2.75, 3.05) is 11.9 Å². The summed E-state index contributed by atoms with van der Waals surface area (Å²) in [6, 6.07) is 24.8. The van der Waals surface area contributed by atoms with Gasteiger partial charge in [-0.1, -0.05) is 107 Å². The van der Waals surface area contributed by atoms with Gasteiger partial charge in [-0.25, -0.2) is 0 Å². The highest BCUT2D eigenvalue weighted by Gasteiger charge is 2.07. The number of rotatable bonds is 17. The van der Waals surface area contributed by atoms with E-state index in [4.69, 9.17) is 0 Å². The average molecular weight is 512 g/mol. The minimum absolute atomic E-state index is 0.000567. The second-order valence-electron chi connectivity index (χ2n) is 9.99. The number of hydrogen-bond donors (Lipinski definition) is 2. The number of unbranched alkanes of at least 4 members (excludes halogenated alkanes) is 9. The summed E-state index contributed by atoms with van der Waals surface area (Å²) in [5, 5.41) is 5.98. The van der Waals surface area contributed by atoms with Crippen LogP contribution in [0, 0.1) is 6.42 Å². The van der Waals surface area contributed by atoms with Crippen LogP contribution in [0.5, 0.6) is 0 Å². The van der Waals surface area contributed by atoms with Crippen LogP contribution in [-0.2, 0) is 6.42 Å². The van der Waals surface area contributed by atoms with Crippen molar-refractivity contribution < 1.29 is 9.59 Å². The van der Waals surface area contributed by atoms with E-state index in [-0.39, 0.29) is 11.8 Å². The zero-order valence-corrected chi connectivity index (χ0v) is 22.9. The third-order valence-electron chi connectivity index (χ3n) is 6.81. The molecule has 0 atom stereocenters. The van der Waals surface area contributed by atoms with Crippen LogP contribution in [0.1, 0.15) is 103 Å². The molecule has 2 N–H and O–H groups in total. The van der Waals surface area contributed by atoms with Gasteiger partial charge >= 0.3 is 0 Å². The van der Waals surface area contributed by atoms with Gasteiger partial charge in [-0.2, -0.15) is 0 Å². The van der Waals surface area contributed by atoms with E-state index in [1.165, 1.54) is 57.8 Å². The first kappa shape index (κ1) is 29.2. The molecule has 3 aromatic carbocycles. The summed E-state index contributed by atoms with van der Waals surface area (Å²) in [4.78, 5) is 24.7. The molecule has 0 aliphatic rings. The Hall–Kier alpha value is -3.40. The number of carbonyl (C=O) groups excluding carboxylic acids is 2. The second-order valence-corrected chi connectivity index (χ2v) is 9.99. The number of anilines is 1. The van der Waals surface area contributed by atoms with Gasteiger partial charge in [0.2, 0.25) is 0 Å². The maximum Gasteiger partial charge on any atom is 0.255 e. The third-order valence-corrected chi connectivity index (χ3v) is 6.81. The summed E-state index contributed by atoms with van der Waals surface area (Å²) in [7, 11) is 0. The first-order valence-corrected chi connectivity index (χ1v) is 14.3. The summed E-state index contributed by atoms with van der Waals surface area (Å²) in [5.41, 5.74) is 4.35. The summed E-state index contributed by atoms with van der Waals surface area (Å²) in [6.45, 7) is 3.00. The van der Waals surface area contributed by atoms with Crippen molar-refractivity contribution in [3.63, 3.8) is 0 Å². The normalized spacial score (nSPS) is 10.8. The molecular weight excluding hydrogens is 468 g/mol. The molecule has 0 aromatic heterocycles. The summed E-state index contributed by atoms with van der Waals surface area (Å²) < 4.78 is 0. The zero-order chi connectivity index (χ0) is 26.8. The lowest BCUT2D eigenvalue weighted by Gasteiger charge is -2.08. The number of hydrogen-bond acceptors (Lipinski definition) is 2. The van der Waals surface area contributed by atoms with Crippen molar-refractivity contribution >= 4 is 17.5 Å². The van der Waals surface area contributed by atoms with Crippen LogP contribution in [-0.4, -0.2) is 18.4 Å². The molecule has 0 unspecified atom stereocenters. The number of benzene rings is 3. The molecule has 0 saturated carbocycles. The summed E-state index contributed by atoms with van der Waals surface area (Å²) in [5.74, 6) is -0.113. The van der Waals surface area contributed by atoms with E-state index >= 15 is 0 Å². The topological polar surface area (TPSA) is 58.2 Å². The van der Waals surface area contributed by atoms with Gasteiger partial charge in [0, 0.05) is 23.4 Å². The van der Waals surface area contributed by atoms with Gasteiger partial charge in [0.25, 0.3) is 11.8 Å². The van der Waals surface area contributed by atoms with Crippen LogP contribution >= 0.6 is 0 Å². The Morgan fingerprint density at radius 1 is 0.632 bits per heavy atom. The van der Waals surface area contributed by atoms with Gasteiger partial charge in [-0.15, -0.1) is 0 Å². The number of amides is 2. The predicted octanol–water partition coefficient (Wildman–Crippen LogP) is 8.38. The van der Waals surface area contributed by atoms with Crippen molar-refractivity contribution in [1.82, 2.24) is 5.32 Å². The van der Waals surface area contributed by atoms with Crippen LogP contribution < -0.4 is 10.6 Å². The van der Waals surface area contributed by atoms with Crippen molar-refractivity contribution in [2.45, 2.75) is 77.6 Å². The van der Waals surface area contributed by atoms with E-state index < -0.39 is 0 Å². The molecule has 0 fully saturated rings. The molecule has 0 saturated heterocycles. The van der Waals surface area contributed by atoms with E-state index in [1.54, 1.807) is 12.1 Å². The second kappa shape index (κ2) is 17.2. The zero-order valence-electron chi connectivity index (χ0n) is 22.9. The van der Waals surface area contributed by atoms with Gasteiger partial charge in [-0.3, -0.25) is 9.59 Å². The molecular formula is C34H43N2O2. The van der Waals surface area contributed by atoms with Crippen LogP contribution in [0.25, 0.3) is 0 Å². The molecule has 4 heteroatoms. The molecule has 2 amide bonds. The fraction of sp³-hybridized carbons (Fsp3) is 0.382. The largest absolute Gasteiger partial charge is 0.352 e. The van der Waals surface area contributed by atoms with Crippen molar-refractivity contribution in [1.29, 1.82) is 0 Å². The maximum atomic E-state index is 12.4. The minimum Gasteiger partial charge on any atom is -0.352 e. The minimum atomic E-state index is -0.113. The lowest BCUT2D eigenvalue weighted by Crippen LogP contribution is -2.24. The van der Waals surface area contributed by atoms with Crippen molar-refractivity contribution in [3.05, 3.63) is 108 Å². The SMILES string of the molecule is CCCCCCCCCCCCNC(=O)c1ccc([CH]Cc2ccc(NC(=O)c3ccccc3)cc2)cc1. The fourth-order valence-corrected chi connectivity index (χ4v) is 4.44. The van der Waals surface area contributed by atoms with Crippen LogP contribution in [0.15, 0.2) is 78.9 Å². The highest BCUT2D eigenvalue weighted by molar-refractivity contribution is 6.04. The van der Waals surface area contributed by atoms with E-state index in [9.17, 15) is 9.59 Å². The average Bonchev–Trinajstić information content (AvgIpc) is 2.96. The van der Waals surface area contributed by atoms with Gasteiger partial charge < -0.3 is 10.6 Å². The highest BCUT2D eigenvalue weighted by atomic mass is 16.2. The quantitative estimate of drug-likeness (QED) is 0.179. The standard InChI is InChI=1S/C34H43N2O2/c1-2-3-4-5-6-7-8-9-10-14-27-35-33(37)31-23-19-28(20-24-31)17-18-29-21-25-32(26-22-29)36-34(38)30-15-12-11-13-16-30/h11-13,15-17,19-26H,2-10,14,18,27H2,1H3,(H,35,37)(H,36,38). The van der Waals surface area contributed by atoms with Crippen LogP contribution in [0.2, 0.25) is 0 Å². The Labute approximate surface area is 229 Å². The summed E-state index contributed by atoms with van der Waals surface area (Å²) >= 11 is 0. The van der Waals surface area contributed by atoms with Crippen LogP contribution in [0.4, 0.5) is 5.69 Å². The Bertz CT molecular complexity index is 1080. The maximum absolute atomic E-state index is 12.4. The highest BCUT2D eigenvalue weighted by Crippen LogP contribution is 2.15. The van der Waals surface area contributed by atoms with E-state index in [0.717, 1.165) is 36.2 Å². The van der Waals surface area contributed by atoms with Gasteiger partial charge in [-0.05, 0) is 66.8 Å². The number of nitrogens with one attached hydrogen (secondary N) is 2. The number of carbonyl (C=O) groups is 2. The van der Waals surface area contributed by atoms with Crippen molar-refractivity contribution in [2.24, 2.45) is 0 Å². The van der Waals surface area contributed by atoms with Gasteiger partial charge in [0.1, 0.15) is 0 Å². The van der Waals surface area contributed by atoms with Gasteiger partial charge in [0.05, 0.1) is 0 Å². The first-order valence-electron chi connectivity index (χ1n) is 14.3. The Morgan fingerprint density at radius 3 is 1.84 bits per heavy atom. The monoisotopic (exact) mass is 511 g/mol. The molecule has 0 heterocycles. The Kier molecular flexibility index (Phi) is 13.2. The van der Waals surface area contributed by atoms with Crippen molar-refractivity contribution in [3.8, 4) is 0 Å². The molecule has 0 spiro atoms. The van der Waals surface area contributed by atoms with E-state index in [2.05, 4.69) is 24.0 Å².